The largest absolute Gasteiger partial charge is 0.462 e. The van der Waals surface area contributed by atoms with Gasteiger partial charge in [-0.25, -0.2) is 4.79 Å². The number of unbranched alkanes of at least 4 members (excludes halogenated alkanes) is 1. The van der Waals surface area contributed by atoms with Crippen LogP contribution < -0.4 is 5.73 Å². The van der Waals surface area contributed by atoms with Crippen LogP contribution in [0.15, 0.2) is 37.0 Å². The number of carbonyl (C=O) groups is 1. The molecule has 0 aromatic heterocycles. The number of hydrogen-bond acceptors (Lipinski definition) is 3. The molecule has 0 aliphatic carbocycles. The Balaban J connectivity index is 3.87. The van der Waals surface area contributed by atoms with Crippen LogP contribution in [-0.4, -0.2) is 19.1 Å². The molecule has 0 rings (SSSR count). The summed E-state index contributed by atoms with van der Waals surface area (Å²) in [5, 5.41) is 0. The molecule has 0 unspecified atom stereocenters. The maximum absolute atomic E-state index is 11.3. The van der Waals surface area contributed by atoms with Crippen LogP contribution in [0.1, 0.15) is 12.8 Å². The summed E-state index contributed by atoms with van der Waals surface area (Å²) in [6.45, 7) is 8.02. The fourth-order valence-electron chi connectivity index (χ4n) is 0.841. The average Bonchev–Trinajstić information content (AvgIpc) is 2.20. The van der Waals surface area contributed by atoms with Crippen LogP contribution in [0, 0.1) is 0 Å². The zero-order valence-electron chi connectivity index (χ0n) is 8.37. The number of hydrogen-bond donors (Lipinski definition) is 1. The van der Waals surface area contributed by atoms with E-state index in [0.717, 1.165) is 12.8 Å². The third-order valence-corrected chi connectivity index (χ3v) is 1.58. The summed E-state index contributed by atoms with van der Waals surface area (Å²) < 4.78 is 4.97. The lowest BCUT2D eigenvalue weighted by Gasteiger charge is -2.03. The number of rotatable bonds is 7. The summed E-state index contributed by atoms with van der Waals surface area (Å²) in [7, 11) is 0. The van der Waals surface area contributed by atoms with Gasteiger partial charge >= 0.3 is 5.97 Å². The van der Waals surface area contributed by atoms with Crippen LogP contribution in [-0.2, 0) is 9.53 Å². The molecule has 14 heavy (non-hydrogen) atoms. The maximum atomic E-state index is 11.3. The number of allylic oxidation sites excluding steroid dienone is 2. The van der Waals surface area contributed by atoms with Crippen molar-refractivity contribution >= 4 is 5.97 Å². The molecule has 0 radical (unpaired) electrons. The highest BCUT2D eigenvalue weighted by atomic mass is 16.5. The van der Waals surface area contributed by atoms with Gasteiger partial charge in [0.15, 0.2) is 0 Å². The van der Waals surface area contributed by atoms with Gasteiger partial charge in [-0.1, -0.05) is 25.3 Å². The molecular weight excluding hydrogens is 178 g/mol. The molecule has 0 fully saturated rings. The lowest BCUT2D eigenvalue weighted by atomic mass is 10.2. The molecule has 0 aliphatic rings. The fourth-order valence-corrected chi connectivity index (χ4v) is 0.841. The highest BCUT2D eigenvalue weighted by Crippen LogP contribution is 2.00. The topological polar surface area (TPSA) is 52.3 Å². The number of carbonyl (C=O) groups excluding carboxylic acids is 1. The van der Waals surface area contributed by atoms with E-state index < -0.39 is 0 Å². The minimum Gasteiger partial charge on any atom is -0.462 e. The van der Waals surface area contributed by atoms with E-state index in [1.807, 2.05) is 0 Å². The third-order valence-electron chi connectivity index (χ3n) is 1.58. The van der Waals surface area contributed by atoms with Gasteiger partial charge in [-0.05, 0) is 25.5 Å². The first-order valence-electron chi connectivity index (χ1n) is 4.58. The molecule has 78 valence electrons. The van der Waals surface area contributed by atoms with Crippen molar-refractivity contribution in [2.45, 2.75) is 12.8 Å². The second-order valence-electron chi connectivity index (χ2n) is 2.69. The molecular formula is C11H17NO2. The van der Waals surface area contributed by atoms with Gasteiger partial charge in [0.25, 0.3) is 0 Å². The highest BCUT2D eigenvalue weighted by molar-refractivity contribution is 5.91. The monoisotopic (exact) mass is 195 g/mol. The van der Waals surface area contributed by atoms with Gasteiger partial charge in [-0.15, -0.1) is 0 Å². The number of esters is 1. The molecule has 0 saturated carbocycles. The third kappa shape index (κ3) is 5.32. The normalized spacial score (nSPS) is 10.8. The summed E-state index contributed by atoms with van der Waals surface area (Å²) >= 11 is 0. The highest BCUT2D eigenvalue weighted by Gasteiger charge is 2.05. The zero-order valence-corrected chi connectivity index (χ0v) is 8.37. The van der Waals surface area contributed by atoms with Crippen LogP contribution >= 0.6 is 0 Å². The molecule has 0 spiro atoms. The molecule has 3 heteroatoms. The van der Waals surface area contributed by atoms with Crippen molar-refractivity contribution in [3.8, 4) is 0 Å². The van der Waals surface area contributed by atoms with Gasteiger partial charge < -0.3 is 10.5 Å². The van der Waals surface area contributed by atoms with E-state index in [1.54, 1.807) is 6.08 Å². The van der Waals surface area contributed by atoms with Gasteiger partial charge in [0.05, 0.1) is 12.2 Å². The van der Waals surface area contributed by atoms with Crippen LogP contribution in [0.25, 0.3) is 0 Å². The summed E-state index contributed by atoms with van der Waals surface area (Å²) in [6.07, 6.45) is 6.20. The quantitative estimate of drug-likeness (QED) is 0.290. The first-order chi connectivity index (χ1) is 6.76. The summed E-state index contributed by atoms with van der Waals surface area (Å²) in [5.74, 6) is -0.364. The number of nitrogens with two attached hydrogens (primary N) is 1. The zero-order chi connectivity index (χ0) is 10.8. The Morgan fingerprint density at radius 2 is 2.07 bits per heavy atom. The molecule has 0 aliphatic heterocycles. The van der Waals surface area contributed by atoms with E-state index in [9.17, 15) is 4.79 Å². The molecule has 0 bridgehead atoms. The SMILES string of the molecule is C=C/C=C(\C=C)C(=O)OCCCCN. The summed E-state index contributed by atoms with van der Waals surface area (Å²) in [4.78, 5) is 11.3. The van der Waals surface area contributed by atoms with E-state index >= 15 is 0 Å². The maximum Gasteiger partial charge on any atom is 0.338 e. The molecule has 0 aromatic rings. The van der Waals surface area contributed by atoms with Crippen molar-refractivity contribution in [3.63, 3.8) is 0 Å². The number of ether oxygens (including phenoxy) is 1. The van der Waals surface area contributed by atoms with Crippen molar-refractivity contribution in [1.82, 2.24) is 0 Å². The van der Waals surface area contributed by atoms with E-state index in [0.29, 0.717) is 18.7 Å². The predicted molar refractivity (Wildman–Crippen MR) is 57.7 cm³/mol. The molecule has 0 heterocycles. The molecule has 2 N–H and O–H groups in total. The Morgan fingerprint density at radius 1 is 1.36 bits per heavy atom. The van der Waals surface area contributed by atoms with Crippen LogP contribution in [0.3, 0.4) is 0 Å². The van der Waals surface area contributed by atoms with E-state index in [4.69, 9.17) is 10.5 Å². The molecule has 3 nitrogen and oxygen atoms in total. The first-order valence-corrected chi connectivity index (χ1v) is 4.58. The van der Waals surface area contributed by atoms with Crippen molar-refractivity contribution in [3.05, 3.63) is 37.0 Å². The van der Waals surface area contributed by atoms with E-state index in [1.165, 1.54) is 12.2 Å². The van der Waals surface area contributed by atoms with E-state index in [2.05, 4.69) is 13.2 Å². The Bertz CT molecular complexity index is 231. The second kappa shape index (κ2) is 8.26. The van der Waals surface area contributed by atoms with Gasteiger partial charge in [-0.2, -0.15) is 0 Å². The van der Waals surface area contributed by atoms with Crippen molar-refractivity contribution < 1.29 is 9.53 Å². The smallest absolute Gasteiger partial charge is 0.338 e. The standard InChI is InChI=1S/C11H17NO2/c1-3-7-10(4-2)11(13)14-9-6-5-8-12/h3-4,7H,1-2,5-6,8-9,12H2/b10-7+. The Kier molecular flexibility index (Phi) is 7.46. The molecule has 0 atom stereocenters. The Morgan fingerprint density at radius 3 is 2.57 bits per heavy atom. The first kappa shape index (κ1) is 12.7. The van der Waals surface area contributed by atoms with Crippen molar-refractivity contribution in [1.29, 1.82) is 0 Å². The Labute approximate surface area is 84.9 Å². The lowest BCUT2D eigenvalue weighted by Crippen LogP contribution is -2.09. The lowest BCUT2D eigenvalue weighted by molar-refractivity contribution is -0.138. The van der Waals surface area contributed by atoms with Crippen LogP contribution in [0.2, 0.25) is 0 Å². The second-order valence-corrected chi connectivity index (χ2v) is 2.69. The van der Waals surface area contributed by atoms with Crippen LogP contribution in [0.4, 0.5) is 0 Å². The van der Waals surface area contributed by atoms with Gasteiger partial charge in [0.1, 0.15) is 0 Å². The average molecular weight is 195 g/mol. The van der Waals surface area contributed by atoms with Gasteiger partial charge in [0.2, 0.25) is 0 Å². The fraction of sp³-hybridized carbons (Fsp3) is 0.364. The minimum absolute atomic E-state index is 0.364. The Hall–Kier alpha value is -1.35. The molecule has 0 aromatic carbocycles. The van der Waals surface area contributed by atoms with E-state index in [-0.39, 0.29) is 5.97 Å². The minimum atomic E-state index is -0.364. The van der Waals surface area contributed by atoms with Gasteiger partial charge in [-0.3, -0.25) is 0 Å². The molecule has 0 saturated heterocycles. The summed E-state index contributed by atoms with van der Waals surface area (Å²) in [6, 6.07) is 0. The molecule has 0 amide bonds. The predicted octanol–water partition coefficient (Wildman–Crippen LogP) is 1.57. The van der Waals surface area contributed by atoms with Crippen LogP contribution in [0.5, 0.6) is 0 Å². The van der Waals surface area contributed by atoms with Crippen molar-refractivity contribution in [2.24, 2.45) is 5.73 Å². The summed E-state index contributed by atoms with van der Waals surface area (Å²) in [5.41, 5.74) is 5.72. The van der Waals surface area contributed by atoms with Crippen molar-refractivity contribution in [2.75, 3.05) is 13.2 Å². The van der Waals surface area contributed by atoms with Gasteiger partial charge in [0, 0.05) is 0 Å².